The van der Waals surface area contributed by atoms with Crippen molar-refractivity contribution in [3.63, 3.8) is 0 Å². The van der Waals surface area contributed by atoms with Gasteiger partial charge in [0.15, 0.2) is 0 Å². The first-order valence-corrected chi connectivity index (χ1v) is 5.31. The Balaban J connectivity index is 2.54. The monoisotopic (exact) mass is 206 g/mol. The van der Waals surface area contributed by atoms with Crippen molar-refractivity contribution < 1.29 is 4.79 Å². The molecule has 1 atom stereocenters. The first-order valence-electron chi connectivity index (χ1n) is 5.31. The van der Waals surface area contributed by atoms with Gasteiger partial charge in [0.2, 0.25) is 5.91 Å². The minimum absolute atomic E-state index is 0.0329. The highest BCUT2D eigenvalue weighted by Crippen LogP contribution is 2.07. The van der Waals surface area contributed by atoms with Gasteiger partial charge in [0.05, 0.1) is 6.04 Å². The molecule has 1 aromatic rings. The smallest absolute Gasteiger partial charge is 0.241 e. The molecule has 0 saturated carbocycles. The third-order valence-corrected chi connectivity index (χ3v) is 2.28. The molecule has 3 heteroatoms. The Kier molecular flexibility index (Phi) is 4.84. The van der Waals surface area contributed by atoms with Crippen LogP contribution < -0.4 is 10.6 Å². The summed E-state index contributed by atoms with van der Waals surface area (Å²) in [5, 5.41) is 5.89. The van der Waals surface area contributed by atoms with E-state index in [9.17, 15) is 4.79 Å². The number of likely N-dealkylation sites (N-methyl/N-ethyl adjacent to an activating group) is 1. The Bertz CT molecular complexity index is 298. The van der Waals surface area contributed by atoms with E-state index < -0.39 is 0 Å². The second-order valence-corrected chi connectivity index (χ2v) is 3.49. The van der Waals surface area contributed by atoms with Crippen molar-refractivity contribution in [2.75, 3.05) is 12.4 Å². The van der Waals surface area contributed by atoms with Crippen LogP contribution in [0.5, 0.6) is 0 Å². The predicted molar refractivity (Wildman–Crippen MR) is 62.8 cm³/mol. The van der Waals surface area contributed by atoms with Crippen molar-refractivity contribution in [1.29, 1.82) is 0 Å². The van der Waals surface area contributed by atoms with E-state index in [1.165, 1.54) is 0 Å². The molecule has 0 fully saturated rings. The van der Waals surface area contributed by atoms with Crippen LogP contribution in [0.15, 0.2) is 30.3 Å². The maximum Gasteiger partial charge on any atom is 0.241 e. The van der Waals surface area contributed by atoms with E-state index >= 15 is 0 Å². The van der Waals surface area contributed by atoms with Crippen LogP contribution in [0.4, 0.5) is 5.69 Å². The molecule has 1 aromatic carbocycles. The zero-order valence-electron chi connectivity index (χ0n) is 9.29. The van der Waals surface area contributed by atoms with E-state index in [0.717, 1.165) is 18.5 Å². The van der Waals surface area contributed by atoms with Crippen molar-refractivity contribution in [3.05, 3.63) is 30.3 Å². The second kappa shape index (κ2) is 6.19. The summed E-state index contributed by atoms with van der Waals surface area (Å²) in [6, 6.07) is 9.41. The minimum atomic E-state index is -0.102. The Labute approximate surface area is 90.9 Å². The lowest BCUT2D eigenvalue weighted by Gasteiger charge is -2.14. The third-order valence-electron chi connectivity index (χ3n) is 2.28. The average Bonchev–Trinajstić information content (AvgIpc) is 2.27. The summed E-state index contributed by atoms with van der Waals surface area (Å²) < 4.78 is 0. The number of benzene rings is 1. The van der Waals surface area contributed by atoms with Gasteiger partial charge in [0.1, 0.15) is 0 Å². The van der Waals surface area contributed by atoms with Gasteiger partial charge in [0, 0.05) is 5.69 Å². The minimum Gasteiger partial charge on any atom is -0.325 e. The maximum absolute atomic E-state index is 11.8. The molecule has 0 aromatic heterocycles. The molecule has 0 aliphatic rings. The van der Waals surface area contributed by atoms with Gasteiger partial charge in [-0.15, -0.1) is 0 Å². The van der Waals surface area contributed by atoms with Gasteiger partial charge >= 0.3 is 0 Å². The number of anilines is 1. The van der Waals surface area contributed by atoms with Crippen molar-refractivity contribution >= 4 is 11.6 Å². The molecule has 0 radical (unpaired) electrons. The summed E-state index contributed by atoms with van der Waals surface area (Å²) >= 11 is 0. The number of rotatable bonds is 5. The van der Waals surface area contributed by atoms with Gasteiger partial charge < -0.3 is 10.6 Å². The van der Waals surface area contributed by atoms with Crippen LogP contribution >= 0.6 is 0 Å². The number of hydrogen-bond donors (Lipinski definition) is 2. The third kappa shape index (κ3) is 3.72. The van der Waals surface area contributed by atoms with Crippen LogP contribution in [0.2, 0.25) is 0 Å². The van der Waals surface area contributed by atoms with Crippen LogP contribution in [-0.2, 0) is 4.79 Å². The number of carbonyl (C=O) groups excluding carboxylic acids is 1. The first kappa shape index (κ1) is 11.7. The molecule has 15 heavy (non-hydrogen) atoms. The summed E-state index contributed by atoms with van der Waals surface area (Å²) in [4.78, 5) is 11.8. The normalized spacial score (nSPS) is 12.1. The largest absolute Gasteiger partial charge is 0.325 e. The lowest BCUT2D eigenvalue weighted by Crippen LogP contribution is -2.38. The summed E-state index contributed by atoms with van der Waals surface area (Å²) in [6.07, 6.45) is 1.85. The maximum atomic E-state index is 11.8. The Morgan fingerprint density at radius 2 is 2.00 bits per heavy atom. The fraction of sp³-hybridized carbons (Fsp3) is 0.417. The molecule has 1 amide bonds. The highest BCUT2D eigenvalue weighted by atomic mass is 16.2. The Morgan fingerprint density at radius 1 is 1.33 bits per heavy atom. The standard InChI is InChI=1S/C12H18N2O/c1-3-7-11(13-2)12(15)14-10-8-5-4-6-9-10/h4-6,8-9,11,13H,3,7H2,1-2H3,(H,14,15). The average molecular weight is 206 g/mol. The van der Waals surface area contributed by atoms with E-state index in [1.807, 2.05) is 37.4 Å². The van der Waals surface area contributed by atoms with Gasteiger partial charge in [0.25, 0.3) is 0 Å². The van der Waals surface area contributed by atoms with E-state index in [4.69, 9.17) is 0 Å². The molecule has 0 aliphatic carbocycles. The Morgan fingerprint density at radius 3 is 2.53 bits per heavy atom. The van der Waals surface area contributed by atoms with Crippen LogP contribution in [0.25, 0.3) is 0 Å². The zero-order chi connectivity index (χ0) is 11.1. The molecule has 0 aliphatic heterocycles. The molecular formula is C12H18N2O. The van der Waals surface area contributed by atoms with Crippen LogP contribution in [0.3, 0.4) is 0 Å². The number of nitrogens with one attached hydrogen (secondary N) is 2. The first-order chi connectivity index (χ1) is 7.27. The van der Waals surface area contributed by atoms with Crippen molar-refractivity contribution in [2.45, 2.75) is 25.8 Å². The van der Waals surface area contributed by atoms with E-state index in [0.29, 0.717) is 0 Å². The lowest BCUT2D eigenvalue weighted by atomic mass is 10.1. The van der Waals surface area contributed by atoms with E-state index in [1.54, 1.807) is 0 Å². The fourth-order valence-electron chi connectivity index (χ4n) is 1.45. The van der Waals surface area contributed by atoms with Gasteiger partial charge in [-0.3, -0.25) is 4.79 Å². The van der Waals surface area contributed by atoms with Crippen molar-refractivity contribution in [3.8, 4) is 0 Å². The zero-order valence-corrected chi connectivity index (χ0v) is 9.29. The molecular weight excluding hydrogens is 188 g/mol. The summed E-state index contributed by atoms with van der Waals surface area (Å²) in [6.45, 7) is 2.07. The molecule has 0 bridgehead atoms. The van der Waals surface area contributed by atoms with Crippen molar-refractivity contribution in [1.82, 2.24) is 5.32 Å². The lowest BCUT2D eigenvalue weighted by molar-refractivity contribution is -0.118. The number of carbonyl (C=O) groups is 1. The van der Waals surface area contributed by atoms with Gasteiger partial charge in [-0.05, 0) is 25.6 Å². The van der Waals surface area contributed by atoms with E-state index in [2.05, 4.69) is 17.6 Å². The number of amides is 1. The van der Waals surface area contributed by atoms with Gasteiger partial charge in [-0.1, -0.05) is 31.5 Å². The highest BCUT2D eigenvalue weighted by molar-refractivity contribution is 5.94. The van der Waals surface area contributed by atoms with Crippen LogP contribution in [-0.4, -0.2) is 19.0 Å². The molecule has 82 valence electrons. The molecule has 1 rings (SSSR count). The van der Waals surface area contributed by atoms with E-state index in [-0.39, 0.29) is 11.9 Å². The topological polar surface area (TPSA) is 41.1 Å². The molecule has 1 unspecified atom stereocenters. The highest BCUT2D eigenvalue weighted by Gasteiger charge is 2.14. The quantitative estimate of drug-likeness (QED) is 0.773. The summed E-state index contributed by atoms with van der Waals surface area (Å²) in [5.41, 5.74) is 0.846. The van der Waals surface area contributed by atoms with Crippen LogP contribution in [0.1, 0.15) is 19.8 Å². The van der Waals surface area contributed by atoms with Gasteiger partial charge in [-0.2, -0.15) is 0 Å². The summed E-state index contributed by atoms with van der Waals surface area (Å²) in [7, 11) is 1.81. The fourth-order valence-corrected chi connectivity index (χ4v) is 1.45. The van der Waals surface area contributed by atoms with Gasteiger partial charge in [-0.25, -0.2) is 0 Å². The molecule has 3 nitrogen and oxygen atoms in total. The number of hydrogen-bond acceptors (Lipinski definition) is 2. The molecule has 0 heterocycles. The SMILES string of the molecule is CCCC(NC)C(=O)Nc1ccccc1. The second-order valence-electron chi connectivity index (χ2n) is 3.49. The number of para-hydroxylation sites is 1. The van der Waals surface area contributed by atoms with Crippen molar-refractivity contribution in [2.24, 2.45) is 0 Å². The molecule has 2 N–H and O–H groups in total. The summed E-state index contributed by atoms with van der Waals surface area (Å²) in [5.74, 6) is 0.0329. The molecule has 0 spiro atoms. The van der Waals surface area contributed by atoms with Crippen LogP contribution in [0, 0.1) is 0 Å². The molecule has 0 saturated heterocycles. The Hall–Kier alpha value is -1.35. The predicted octanol–water partition coefficient (Wildman–Crippen LogP) is 2.01.